The Morgan fingerprint density at radius 2 is 2.00 bits per heavy atom. The molecule has 0 saturated carbocycles. The molecule has 3 rings (SSSR count). The summed E-state index contributed by atoms with van der Waals surface area (Å²) in [5, 5.41) is 10.9. The zero-order valence-corrected chi connectivity index (χ0v) is 10.6. The van der Waals surface area contributed by atoms with Crippen molar-refractivity contribution in [3.8, 4) is 0 Å². The van der Waals surface area contributed by atoms with E-state index >= 15 is 0 Å². The maximum Gasteiger partial charge on any atom is 0.176 e. The van der Waals surface area contributed by atoms with Crippen LogP contribution in [0.1, 0.15) is 18.6 Å². The number of para-hydroxylation sites is 1. The van der Waals surface area contributed by atoms with Crippen molar-refractivity contribution in [1.29, 1.82) is 0 Å². The van der Waals surface area contributed by atoms with Crippen LogP contribution in [0.25, 0.3) is 21.9 Å². The molecule has 3 N–H and O–H groups in total. The molecule has 0 atom stereocenters. The predicted molar refractivity (Wildman–Crippen MR) is 76.0 cm³/mol. The Morgan fingerprint density at radius 3 is 2.84 bits per heavy atom. The first kappa shape index (κ1) is 12.0. The lowest BCUT2D eigenvalue weighted by molar-refractivity contribution is 0.283. The minimum atomic E-state index is 0.215. The molecule has 2 aromatic heterocycles. The summed E-state index contributed by atoms with van der Waals surface area (Å²) >= 11 is 0. The van der Waals surface area contributed by atoms with Gasteiger partial charge in [-0.05, 0) is 25.0 Å². The van der Waals surface area contributed by atoms with E-state index < -0.39 is 0 Å². The third-order valence-corrected chi connectivity index (χ3v) is 3.28. The number of aliphatic hydroxyl groups excluding tert-OH is 1. The number of unbranched alkanes of at least 4 members (excludes halogenated alkanes) is 1. The molecule has 0 unspecified atom stereocenters. The van der Waals surface area contributed by atoms with Gasteiger partial charge in [0.1, 0.15) is 5.76 Å². The minimum absolute atomic E-state index is 0.215. The van der Waals surface area contributed by atoms with Crippen molar-refractivity contribution >= 4 is 27.7 Å². The van der Waals surface area contributed by atoms with Gasteiger partial charge in [0.2, 0.25) is 0 Å². The summed E-state index contributed by atoms with van der Waals surface area (Å²) in [6, 6.07) is 9.94. The van der Waals surface area contributed by atoms with Gasteiger partial charge < -0.3 is 15.3 Å². The molecule has 0 amide bonds. The van der Waals surface area contributed by atoms with Gasteiger partial charge in [0, 0.05) is 23.8 Å². The van der Waals surface area contributed by atoms with E-state index in [9.17, 15) is 0 Å². The third kappa shape index (κ3) is 2.15. The summed E-state index contributed by atoms with van der Waals surface area (Å²) in [5.41, 5.74) is 7.49. The molecule has 4 nitrogen and oxygen atoms in total. The molecule has 0 bridgehead atoms. The fourth-order valence-electron chi connectivity index (χ4n) is 2.35. The van der Waals surface area contributed by atoms with Crippen LogP contribution in [0, 0.1) is 0 Å². The summed E-state index contributed by atoms with van der Waals surface area (Å²) < 4.78 is 5.78. The topological polar surface area (TPSA) is 72.3 Å². The first-order chi connectivity index (χ1) is 9.29. The molecule has 1 aromatic carbocycles. The largest absolute Gasteiger partial charge is 0.457 e. The van der Waals surface area contributed by atoms with E-state index in [1.807, 2.05) is 30.3 Å². The summed E-state index contributed by atoms with van der Waals surface area (Å²) in [6.45, 7) is 0.215. The number of nitrogens with zero attached hydrogens (tertiary/aromatic N) is 1. The number of pyridine rings is 1. The predicted octanol–water partition coefficient (Wildman–Crippen LogP) is 2.88. The number of aliphatic hydroxyl groups is 1. The zero-order valence-electron chi connectivity index (χ0n) is 10.6. The molecule has 0 radical (unpaired) electrons. The first-order valence-electron chi connectivity index (χ1n) is 6.47. The zero-order chi connectivity index (χ0) is 13.2. The van der Waals surface area contributed by atoms with Gasteiger partial charge in [-0.15, -0.1) is 0 Å². The Labute approximate surface area is 110 Å². The van der Waals surface area contributed by atoms with E-state index in [1.54, 1.807) is 0 Å². The number of nitrogen functional groups attached to an aromatic ring is 1. The summed E-state index contributed by atoms with van der Waals surface area (Å²) in [6.07, 6.45) is 2.50. The van der Waals surface area contributed by atoms with E-state index in [4.69, 9.17) is 15.3 Å². The van der Waals surface area contributed by atoms with Crippen LogP contribution in [0.5, 0.6) is 0 Å². The maximum absolute atomic E-state index is 8.81. The van der Waals surface area contributed by atoms with Crippen molar-refractivity contribution in [2.45, 2.75) is 19.3 Å². The molecule has 4 heteroatoms. The molecule has 0 aliphatic heterocycles. The van der Waals surface area contributed by atoms with E-state index in [0.29, 0.717) is 11.4 Å². The van der Waals surface area contributed by atoms with Gasteiger partial charge in [0.15, 0.2) is 11.4 Å². The number of nitrogens with two attached hydrogens (primary N) is 1. The Balaban J connectivity index is 2.10. The molecule has 0 aliphatic carbocycles. The van der Waals surface area contributed by atoms with Gasteiger partial charge >= 0.3 is 0 Å². The van der Waals surface area contributed by atoms with Crippen molar-refractivity contribution in [1.82, 2.24) is 4.98 Å². The molecule has 0 fully saturated rings. The second-order valence-corrected chi connectivity index (χ2v) is 4.65. The fourth-order valence-corrected chi connectivity index (χ4v) is 2.35. The van der Waals surface area contributed by atoms with Gasteiger partial charge in [-0.2, -0.15) is 0 Å². The number of furan rings is 1. The number of anilines is 1. The standard InChI is InChI=1S/C15H16N2O2/c16-15-14-12(9-10(19-14)5-3-4-8-18)11-6-1-2-7-13(11)17-15/h1-2,6-7,9,18H,3-5,8H2,(H2,16,17). The lowest BCUT2D eigenvalue weighted by Gasteiger charge is -2.00. The second kappa shape index (κ2) is 4.90. The van der Waals surface area contributed by atoms with Crippen LogP contribution in [0.15, 0.2) is 34.7 Å². The molecule has 2 heterocycles. The van der Waals surface area contributed by atoms with Crippen LogP contribution < -0.4 is 5.73 Å². The van der Waals surface area contributed by atoms with Gasteiger partial charge in [-0.1, -0.05) is 18.2 Å². The average molecular weight is 256 g/mol. The van der Waals surface area contributed by atoms with E-state index in [1.165, 1.54) is 0 Å². The van der Waals surface area contributed by atoms with Crippen LogP contribution >= 0.6 is 0 Å². The minimum Gasteiger partial charge on any atom is -0.457 e. The van der Waals surface area contributed by atoms with Crippen molar-refractivity contribution in [3.05, 3.63) is 36.1 Å². The van der Waals surface area contributed by atoms with Crippen LogP contribution in [-0.2, 0) is 6.42 Å². The second-order valence-electron chi connectivity index (χ2n) is 4.65. The highest BCUT2D eigenvalue weighted by Gasteiger charge is 2.11. The average Bonchev–Trinajstić information content (AvgIpc) is 2.84. The molecule has 0 saturated heterocycles. The Morgan fingerprint density at radius 1 is 1.16 bits per heavy atom. The molecule has 0 spiro atoms. The lowest BCUT2D eigenvalue weighted by atomic mass is 10.1. The maximum atomic E-state index is 8.81. The van der Waals surface area contributed by atoms with Crippen LogP contribution in [-0.4, -0.2) is 16.7 Å². The smallest absolute Gasteiger partial charge is 0.176 e. The highest BCUT2D eigenvalue weighted by atomic mass is 16.3. The molecule has 0 aliphatic rings. The van der Waals surface area contributed by atoms with E-state index in [2.05, 4.69) is 4.98 Å². The number of aromatic nitrogens is 1. The van der Waals surface area contributed by atoms with Gasteiger partial charge in [0.25, 0.3) is 0 Å². The fraction of sp³-hybridized carbons (Fsp3) is 0.267. The van der Waals surface area contributed by atoms with Gasteiger partial charge in [0.05, 0.1) is 5.52 Å². The monoisotopic (exact) mass is 256 g/mol. The summed E-state index contributed by atoms with van der Waals surface area (Å²) in [5.74, 6) is 1.33. The van der Waals surface area contributed by atoms with E-state index in [-0.39, 0.29) is 6.61 Å². The highest BCUT2D eigenvalue weighted by Crippen LogP contribution is 2.31. The highest BCUT2D eigenvalue weighted by molar-refractivity contribution is 6.07. The molecule has 3 aromatic rings. The van der Waals surface area contributed by atoms with Crippen molar-refractivity contribution in [2.24, 2.45) is 0 Å². The van der Waals surface area contributed by atoms with Gasteiger partial charge in [-0.25, -0.2) is 4.98 Å². The number of hydrogen-bond donors (Lipinski definition) is 2. The number of fused-ring (bicyclic) bond motifs is 3. The van der Waals surface area contributed by atoms with Gasteiger partial charge in [-0.3, -0.25) is 0 Å². The van der Waals surface area contributed by atoms with E-state index in [0.717, 1.165) is 41.3 Å². The Bertz CT molecular complexity index is 719. The number of aryl methyl sites for hydroxylation is 1. The lowest BCUT2D eigenvalue weighted by Crippen LogP contribution is -1.91. The van der Waals surface area contributed by atoms with Crippen molar-refractivity contribution < 1.29 is 9.52 Å². The van der Waals surface area contributed by atoms with Crippen LogP contribution in [0.4, 0.5) is 5.82 Å². The number of benzene rings is 1. The Kier molecular flexibility index (Phi) is 3.09. The molecular weight excluding hydrogens is 240 g/mol. The van der Waals surface area contributed by atoms with Crippen molar-refractivity contribution in [2.75, 3.05) is 12.3 Å². The Hall–Kier alpha value is -2.07. The molecule has 19 heavy (non-hydrogen) atoms. The van der Waals surface area contributed by atoms with Crippen LogP contribution in [0.2, 0.25) is 0 Å². The first-order valence-corrected chi connectivity index (χ1v) is 6.47. The quantitative estimate of drug-likeness (QED) is 0.704. The molecular formula is C15H16N2O2. The summed E-state index contributed by atoms with van der Waals surface area (Å²) in [7, 11) is 0. The SMILES string of the molecule is Nc1nc2ccccc2c2cc(CCCCO)oc12. The summed E-state index contributed by atoms with van der Waals surface area (Å²) in [4.78, 5) is 4.36. The number of hydrogen-bond acceptors (Lipinski definition) is 4. The third-order valence-electron chi connectivity index (χ3n) is 3.28. The van der Waals surface area contributed by atoms with Crippen molar-refractivity contribution in [3.63, 3.8) is 0 Å². The number of rotatable bonds is 4. The van der Waals surface area contributed by atoms with Crippen LogP contribution in [0.3, 0.4) is 0 Å². The molecule has 98 valence electrons. The normalized spacial score (nSPS) is 11.4.